The number of benzene rings is 1. The Labute approximate surface area is 126 Å². The Morgan fingerprint density at radius 1 is 1.23 bits per heavy atom. The number of amides is 1. The largest absolute Gasteiger partial charge is 0.459 e. The van der Waals surface area contributed by atoms with Gasteiger partial charge in [-0.2, -0.15) is 4.99 Å². The van der Waals surface area contributed by atoms with Gasteiger partial charge in [-0.1, -0.05) is 6.07 Å². The molecule has 2 rings (SSSR count). The maximum absolute atomic E-state index is 11.9. The van der Waals surface area contributed by atoms with E-state index in [1.165, 1.54) is 6.26 Å². The Hall–Kier alpha value is -3.29. The highest BCUT2D eigenvalue weighted by Crippen LogP contribution is 2.23. The molecule has 0 unspecified atom stereocenters. The number of rotatable bonds is 3. The first-order valence-electron chi connectivity index (χ1n) is 6.35. The Kier molecular flexibility index (Phi) is 4.42. The van der Waals surface area contributed by atoms with Crippen LogP contribution in [0.1, 0.15) is 16.1 Å². The van der Waals surface area contributed by atoms with Crippen LogP contribution < -0.4 is 22.5 Å². The molecular formula is C14H16N6O2. The van der Waals surface area contributed by atoms with Gasteiger partial charge in [0.25, 0.3) is 5.91 Å². The van der Waals surface area contributed by atoms with Crippen LogP contribution in [0.4, 0.5) is 11.4 Å². The summed E-state index contributed by atoms with van der Waals surface area (Å²) in [6.45, 7) is 1.85. The average Bonchev–Trinajstić information content (AvgIpc) is 2.95. The molecule has 7 N–H and O–H groups in total. The second-order valence-corrected chi connectivity index (χ2v) is 4.44. The molecule has 8 heteroatoms. The van der Waals surface area contributed by atoms with Gasteiger partial charge in [0.15, 0.2) is 11.7 Å². The van der Waals surface area contributed by atoms with Crippen LogP contribution in [0.2, 0.25) is 0 Å². The standard InChI is InChI=1S/C14H16N6O2/c1-8-4-5-9(18-12(21)11-3-2-6-22-11)7-10(8)19-14(17)20-13(15)16/h2-7H,1H3,(H,18,21)(H6,15,16,17,19,20). The maximum Gasteiger partial charge on any atom is 0.291 e. The van der Waals surface area contributed by atoms with Crippen molar-refractivity contribution in [3.63, 3.8) is 0 Å². The predicted molar refractivity (Wildman–Crippen MR) is 84.9 cm³/mol. The number of hydrogen-bond acceptors (Lipinski definition) is 3. The van der Waals surface area contributed by atoms with E-state index in [1.54, 1.807) is 30.3 Å². The molecular weight excluding hydrogens is 284 g/mol. The number of furan rings is 1. The normalized spacial score (nSPS) is 11.0. The first kappa shape index (κ1) is 15.1. The van der Waals surface area contributed by atoms with Crippen molar-refractivity contribution in [1.82, 2.24) is 0 Å². The van der Waals surface area contributed by atoms with Crippen molar-refractivity contribution >= 4 is 29.2 Å². The van der Waals surface area contributed by atoms with Gasteiger partial charge in [-0.05, 0) is 36.8 Å². The van der Waals surface area contributed by atoms with Gasteiger partial charge in [0, 0.05) is 5.69 Å². The van der Waals surface area contributed by atoms with Crippen molar-refractivity contribution in [3.8, 4) is 0 Å². The molecule has 114 valence electrons. The lowest BCUT2D eigenvalue weighted by molar-refractivity contribution is 0.0996. The quantitative estimate of drug-likeness (QED) is 0.494. The molecule has 0 aliphatic heterocycles. The highest BCUT2D eigenvalue weighted by atomic mass is 16.3. The third-order valence-corrected chi connectivity index (χ3v) is 2.69. The van der Waals surface area contributed by atoms with Gasteiger partial charge in [-0.25, -0.2) is 4.99 Å². The fourth-order valence-electron chi connectivity index (χ4n) is 1.69. The van der Waals surface area contributed by atoms with Gasteiger partial charge >= 0.3 is 0 Å². The summed E-state index contributed by atoms with van der Waals surface area (Å²) in [5, 5.41) is 2.70. The molecule has 22 heavy (non-hydrogen) atoms. The number of anilines is 1. The Morgan fingerprint density at radius 3 is 2.64 bits per heavy atom. The van der Waals surface area contributed by atoms with Crippen molar-refractivity contribution in [2.24, 2.45) is 27.2 Å². The molecule has 2 aromatic rings. The van der Waals surface area contributed by atoms with Gasteiger partial charge in [-0.3, -0.25) is 4.79 Å². The number of aliphatic imine (C=N–C) groups is 2. The van der Waals surface area contributed by atoms with Crippen LogP contribution in [-0.2, 0) is 0 Å². The van der Waals surface area contributed by atoms with E-state index in [1.807, 2.05) is 6.92 Å². The van der Waals surface area contributed by atoms with Crippen LogP contribution in [0.5, 0.6) is 0 Å². The minimum atomic E-state index is -0.360. The van der Waals surface area contributed by atoms with Crippen molar-refractivity contribution < 1.29 is 9.21 Å². The molecule has 1 aromatic carbocycles. The van der Waals surface area contributed by atoms with Crippen LogP contribution in [0.3, 0.4) is 0 Å². The van der Waals surface area contributed by atoms with Crippen molar-refractivity contribution in [2.75, 3.05) is 5.32 Å². The fraction of sp³-hybridized carbons (Fsp3) is 0.0714. The number of carbonyl (C=O) groups excluding carboxylic acids is 1. The molecule has 0 saturated carbocycles. The molecule has 0 atom stereocenters. The Balaban J connectivity index is 2.23. The number of hydrogen-bond donors (Lipinski definition) is 4. The molecule has 1 amide bonds. The van der Waals surface area contributed by atoms with Gasteiger partial charge in [0.05, 0.1) is 12.0 Å². The zero-order valence-corrected chi connectivity index (χ0v) is 11.9. The first-order valence-corrected chi connectivity index (χ1v) is 6.35. The van der Waals surface area contributed by atoms with E-state index in [-0.39, 0.29) is 23.6 Å². The third-order valence-electron chi connectivity index (χ3n) is 2.69. The minimum absolute atomic E-state index is 0.0717. The van der Waals surface area contributed by atoms with Crippen LogP contribution in [0, 0.1) is 6.92 Å². The average molecular weight is 300 g/mol. The van der Waals surface area contributed by atoms with E-state index >= 15 is 0 Å². The lowest BCUT2D eigenvalue weighted by atomic mass is 10.2. The fourth-order valence-corrected chi connectivity index (χ4v) is 1.69. The number of nitrogens with two attached hydrogens (primary N) is 3. The highest BCUT2D eigenvalue weighted by Gasteiger charge is 2.09. The van der Waals surface area contributed by atoms with E-state index in [0.29, 0.717) is 11.4 Å². The van der Waals surface area contributed by atoms with Gasteiger partial charge in [-0.15, -0.1) is 0 Å². The molecule has 0 aliphatic carbocycles. The molecule has 0 saturated heterocycles. The summed E-state index contributed by atoms with van der Waals surface area (Å²) in [6.07, 6.45) is 1.43. The van der Waals surface area contributed by atoms with Crippen LogP contribution in [0.25, 0.3) is 0 Å². The molecule has 1 heterocycles. The van der Waals surface area contributed by atoms with Crippen molar-refractivity contribution in [2.45, 2.75) is 6.92 Å². The summed E-state index contributed by atoms with van der Waals surface area (Å²) in [6, 6.07) is 8.39. The topological polar surface area (TPSA) is 145 Å². The van der Waals surface area contributed by atoms with E-state index < -0.39 is 0 Å². The number of guanidine groups is 2. The zero-order chi connectivity index (χ0) is 16.1. The lowest BCUT2D eigenvalue weighted by Crippen LogP contribution is -2.26. The number of nitrogens with one attached hydrogen (secondary N) is 1. The molecule has 0 spiro atoms. The monoisotopic (exact) mass is 300 g/mol. The summed E-state index contributed by atoms with van der Waals surface area (Å²) in [5.41, 5.74) is 18.0. The van der Waals surface area contributed by atoms with Crippen molar-refractivity contribution in [3.05, 3.63) is 47.9 Å². The molecule has 0 fully saturated rings. The number of aryl methyl sites for hydroxylation is 1. The SMILES string of the molecule is Cc1ccc(NC(=O)c2ccco2)cc1N=C(N)N=C(N)N. The second kappa shape index (κ2) is 6.44. The molecule has 0 radical (unpaired) electrons. The summed E-state index contributed by atoms with van der Waals surface area (Å²) in [5.74, 6) is -0.398. The molecule has 0 aliphatic rings. The summed E-state index contributed by atoms with van der Waals surface area (Å²) in [4.78, 5) is 19.7. The Morgan fingerprint density at radius 2 is 2.00 bits per heavy atom. The molecule has 0 bridgehead atoms. The van der Waals surface area contributed by atoms with E-state index in [4.69, 9.17) is 21.6 Å². The number of carbonyl (C=O) groups is 1. The van der Waals surface area contributed by atoms with Gasteiger partial charge < -0.3 is 26.9 Å². The molecule has 1 aromatic heterocycles. The summed E-state index contributed by atoms with van der Waals surface area (Å²) in [7, 11) is 0. The van der Waals surface area contributed by atoms with Gasteiger partial charge in [0.1, 0.15) is 0 Å². The zero-order valence-electron chi connectivity index (χ0n) is 11.9. The maximum atomic E-state index is 11.9. The third kappa shape index (κ3) is 3.85. The van der Waals surface area contributed by atoms with E-state index in [0.717, 1.165) is 5.56 Å². The van der Waals surface area contributed by atoms with E-state index in [2.05, 4.69) is 15.3 Å². The first-order chi connectivity index (χ1) is 10.5. The summed E-state index contributed by atoms with van der Waals surface area (Å²) >= 11 is 0. The van der Waals surface area contributed by atoms with Crippen LogP contribution in [-0.4, -0.2) is 17.8 Å². The predicted octanol–water partition coefficient (Wildman–Crippen LogP) is 1.06. The van der Waals surface area contributed by atoms with Crippen LogP contribution in [0.15, 0.2) is 51.0 Å². The van der Waals surface area contributed by atoms with Gasteiger partial charge in [0.2, 0.25) is 5.96 Å². The van der Waals surface area contributed by atoms with Crippen molar-refractivity contribution in [1.29, 1.82) is 0 Å². The lowest BCUT2D eigenvalue weighted by Gasteiger charge is -2.06. The smallest absolute Gasteiger partial charge is 0.291 e. The Bertz CT molecular complexity index is 730. The molecule has 8 nitrogen and oxygen atoms in total. The highest BCUT2D eigenvalue weighted by molar-refractivity contribution is 6.02. The summed E-state index contributed by atoms with van der Waals surface area (Å²) < 4.78 is 5.02. The van der Waals surface area contributed by atoms with E-state index in [9.17, 15) is 4.79 Å². The second-order valence-electron chi connectivity index (χ2n) is 4.44. The number of nitrogens with zero attached hydrogens (tertiary/aromatic N) is 2. The minimum Gasteiger partial charge on any atom is -0.459 e. The van der Waals surface area contributed by atoms with Crippen LogP contribution >= 0.6 is 0 Å².